The van der Waals surface area contributed by atoms with Gasteiger partial charge in [0.1, 0.15) is 5.15 Å². The lowest BCUT2D eigenvalue weighted by atomic mass is 10.1. The second kappa shape index (κ2) is 4.25. The SMILES string of the molecule is Cn1c(Cl)c(CCCN)c2ccccc21. The maximum absolute atomic E-state index is 6.29. The van der Waals surface area contributed by atoms with Gasteiger partial charge in [-0.25, -0.2) is 0 Å². The highest BCUT2D eigenvalue weighted by molar-refractivity contribution is 6.32. The smallest absolute Gasteiger partial charge is 0.112 e. The molecule has 0 amide bonds. The fourth-order valence-electron chi connectivity index (χ4n) is 1.96. The molecule has 2 rings (SSSR count). The fraction of sp³-hybridized carbons (Fsp3) is 0.333. The Balaban J connectivity index is 2.56. The summed E-state index contributed by atoms with van der Waals surface area (Å²) in [5, 5.41) is 2.09. The molecule has 2 nitrogen and oxygen atoms in total. The minimum absolute atomic E-state index is 0.708. The minimum atomic E-state index is 0.708. The summed E-state index contributed by atoms with van der Waals surface area (Å²) in [6.45, 7) is 0.708. The van der Waals surface area contributed by atoms with Crippen LogP contribution < -0.4 is 5.73 Å². The average molecular weight is 223 g/mol. The van der Waals surface area contributed by atoms with Crippen molar-refractivity contribution in [3.63, 3.8) is 0 Å². The minimum Gasteiger partial charge on any atom is -0.335 e. The van der Waals surface area contributed by atoms with Gasteiger partial charge in [-0.3, -0.25) is 0 Å². The number of benzene rings is 1. The van der Waals surface area contributed by atoms with Gasteiger partial charge in [0, 0.05) is 18.0 Å². The molecule has 0 saturated carbocycles. The monoisotopic (exact) mass is 222 g/mol. The van der Waals surface area contributed by atoms with E-state index in [9.17, 15) is 0 Å². The molecule has 0 unspecified atom stereocenters. The van der Waals surface area contributed by atoms with Crippen LogP contribution >= 0.6 is 11.6 Å². The molecule has 0 radical (unpaired) electrons. The van der Waals surface area contributed by atoms with Gasteiger partial charge < -0.3 is 10.3 Å². The van der Waals surface area contributed by atoms with E-state index in [1.807, 2.05) is 23.7 Å². The molecule has 0 bridgehead atoms. The van der Waals surface area contributed by atoms with E-state index >= 15 is 0 Å². The first-order valence-electron chi connectivity index (χ1n) is 5.17. The van der Waals surface area contributed by atoms with Crippen molar-refractivity contribution in [2.24, 2.45) is 12.8 Å². The van der Waals surface area contributed by atoms with Crippen LogP contribution in [0.4, 0.5) is 0 Å². The molecular formula is C12H15ClN2. The second-order valence-corrected chi connectivity index (χ2v) is 4.10. The largest absolute Gasteiger partial charge is 0.335 e. The van der Waals surface area contributed by atoms with Crippen molar-refractivity contribution in [2.75, 3.05) is 6.54 Å². The highest BCUT2D eigenvalue weighted by atomic mass is 35.5. The van der Waals surface area contributed by atoms with E-state index < -0.39 is 0 Å². The Labute approximate surface area is 94.6 Å². The van der Waals surface area contributed by atoms with Crippen molar-refractivity contribution in [3.05, 3.63) is 35.0 Å². The molecule has 0 aliphatic heterocycles. The fourth-order valence-corrected chi connectivity index (χ4v) is 2.24. The Kier molecular flexibility index (Phi) is 2.98. The standard InChI is InChI=1S/C12H15ClN2/c1-15-11-7-3-2-5-9(11)10(12(15)13)6-4-8-14/h2-3,5,7H,4,6,8,14H2,1H3. The number of aromatic nitrogens is 1. The van der Waals surface area contributed by atoms with E-state index in [0.717, 1.165) is 18.0 Å². The summed E-state index contributed by atoms with van der Waals surface area (Å²) >= 11 is 6.29. The molecule has 15 heavy (non-hydrogen) atoms. The van der Waals surface area contributed by atoms with Crippen LogP contribution in [-0.2, 0) is 13.5 Å². The van der Waals surface area contributed by atoms with Crippen molar-refractivity contribution in [2.45, 2.75) is 12.8 Å². The van der Waals surface area contributed by atoms with Gasteiger partial charge in [-0.1, -0.05) is 29.8 Å². The van der Waals surface area contributed by atoms with E-state index in [4.69, 9.17) is 17.3 Å². The maximum Gasteiger partial charge on any atom is 0.112 e. The Morgan fingerprint density at radius 1 is 1.33 bits per heavy atom. The van der Waals surface area contributed by atoms with Gasteiger partial charge in [0.15, 0.2) is 0 Å². The topological polar surface area (TPSA) is 30.9 Å². The molecular weight excluding hydrogens is 208 g/mol. The molecule has 0 aliphatic carbocycles. The van der Waals surface area contributed by atoms with Crippen LogP contribution in [0.1, 0.15) is 12.0 Å². The molecule has 2 N–H and O–H groups in total. The van der Waals surface area contributed by atoms with Crippen molar-refractivity contribution < 1.29 is 0 Å². The van der Waals surface area contributed by atoms with E-state index in [-0.39, 0.29) is 0 Å². The Hall–Kier alpha value is -0.990. The zero-order valence-electron chi connectivity index (χ0n) is 8.83. The molecule has 0 fully saturated rings. The van der Waals surface area contributed by atoms with Gasteiger partial charge in [0.25, 0.3) is 0 Å². The van der Waals surface area contributed by atoms with E-state index in [1.54, 1.807) is 0 Å². The summed E-state index contributed by atoms with van der Waals surface area (Å²) in [6, 6.07) is 8.29. The average Bonchev–Trinajstić information content (AvgIpc) is 2.51. The number of aryl methyl sites for hydroxylation is 2. The zero-order valence-corrected chi connectivity index (χ0v) is 9.59. The predicted octanol–water partition coefficient (Wildman–Crippen LogP) is 2.72. The molecule has 2 aromatic rings. The quantitative estimate of drug-likeness (QED) is 0.851. The van der Waals surface area contributed by atoms with Crippen LogP contribution in [0.15, 0.2) is 24.3 Å². The highest BCUT2D eigenvalue weighted by Crippen LogP contribution is 2.29. The molecule has 80 valence electrons. The number of nitrogens with zero attached hydrogens (tertiary/aromatic N) is 1. The number of nitrogens with two attached hydrogens (primary N) is 1. The molecule has 1 aromatic heterocycles. The van der Waals surface area contributed by atoms with Crippen molar-refractivity contribution in [1.29, 1.82) is 0 Å². The number of halogens is 1. The van der Waals surface area contributed by atoms with Crippen LogP contribution in [-0.4, -0.2) is 11.1 Å². The summed E-state index contributed by atoms with van der Waals surface area (Å²) in [6.07, 6.45) is 1.93. The number of hydrogen-bond acceptors (Lipinski definition) is 1. The normalized spacial score (nSPS) is 11.1. The third-order valence-electron chi connectivity index (χ3n) is 2.76. The van der Waals surface area contributed by atoms with Crippen LogP contribution in [0.5, 0.6) is 0 Å². The van der Waals surface area contributed by atoms with E-state index in [1.165, 1.54) is 16.5 Å². The Bertz CT molecular complexity index is 474. The second-order valence-electron chi connectivity index (χ2n) is 3.74. The predicted molar refractivity (Wildman–Crippen MR) is 65.3 cm³/mol. The molecule has 3 heteroatoms. The van der Waals surface area contributed by atoms with Crippen LogP contribution in [0, 0.1) is 0 Å². The van der Waals surface area contributed by atoms with Crippen molar-refractivity contribution in [3.8, 4) is 0 Å². The van der Waals surface area contributed by atoms with Crippen LogP contribution in [0.3, 0.4) is 0 Å². The van der Waals surface area contributed by atoms with Crippen LogP contribution in [0.2, 0.25) is 5.15 Å². The number of rotatable bonds is 3. The summed E-state index contributed by atoms with van der Waals surface area (Å²) in [5.41, 5.74) is 7.94. The Morgan fingerprint density at radius 3 is 2.80 bits per heavy atom. The van der Waals surface area contributed by atoms with E-state index in [0.29, 0.717) is 6.54 Å². The molecule has 0 saturated heterocycles. The first kappa shape index (κ1) is 10.5. The first-order chi connectivity index (χ1) is 7.25. The summed E-state index contributed by atoms with van der Waals surface area (Å²) in [4.78, 5) is 0. The molecule has 0 aliphatic rings. The molecule has 1 aromatic carbocycles. The van der Waals surface area contributed by atoms with Gasteiger partial charge in [-0.2, -0.15) is 0 Å². The maximum atomic E-state index is 6.29. The van der Waals surface area contributed by atoms with Crippen LogP contribution in [0.25, 0.3) is 10.9 Å². The highest BCUT2D eigenvalue weighted by Gasteiger charge is 2.11. The Morgan fingerprint density at radius 2 is 2.07 bits per heavy atom. The number of fused-ring (bicyclic) bond motifs is 1. The lowest BCUT2D eigenvalue weighted by molar-refractivity contribution is 0.830. The molecule has 0 atom stereocenters. The van der Waals surface area contributed by atoms with Crippen molar-refractivity contribution in [1.82, 2.24) is 4.57 Å². The lowest BCUT2D eigenvalue weighted by Gasteiger charge is -1.98. The zero-order chi connectivity index (χ0) is 10.8. The first-order valence-corrected chi connectivity index (χ1v) is 5.55. The van der Waals surface area contributed by atoms with Gasteiger partial charge in [-0.05, 0) is 31.0 Å². The van der Waals surface area contributed by atoms with Gasteiger partial charge in [-0.15, -0.1) is 0 Å². The molecule has 0 spiro atoms. The van der Waals surface area contributed by atoms with E-state index in [2.05, 4.69) is 12.1 Å². The van der Waals surface area contributed by atoms with Gasteiger partial charge in [0.2, 0.25) is 0 Å². The van der Waals surface area contributed by atoms with Crippen molar-refractivity contribution >= 4 is 22.5 Å². The summed E-state index contributed by atoms with van der Waals surface area (Å²) in [5.74, 6) is 0. The lowest BCUT2D eigenvalue weighted by Crippen LogP contribution is -2.00. The third kappa shape index (κ3) is 1.75. The molecule has 1 heterocycles. The number of para-hydroxylation sites is 1. The third-order valence-corrected chi connectivity index (χ3v) is 3.25. The number of hydrogen-bond donors (Lipinski definition) is 1. The summed E-state index contributed by atoms with van der Waals surface area (Å²) < 4.78 is 2.03. The van der Waals surface area contributed by atoms with Gasteiger partial charge >= 0.3 is 0 Å². The summed E-state index contributed by atoms with van der Waals surface area (Å²) in [7, 11) is 2.00. The van der Waals surface area contributed by atoms with Gasteiger partial charge in [0.05, 0.1) is 0 Å².